The molecule has 1 aromatic carbocycles. The highest BCUT2D eigenvalue weighted by molar-refractivity contribution is 5.83. The van der Waals surface area contributed by atoms with Crippen molar-refractivity contribution in [1.82, 2.24) is 19.6 Å². The first-order chi connectivity index (χ1) is 10.1. The molecule has 2 aromatic rings. The van der Waals surface area contributed by atoms with E-state index in [0.717, 1.165) is 32.6 Å². The van der Waals surface area contributed by atoms with Gasteiger partial charge in [0, 0.05) is 25.0 Å². The molecule has 3 rings (SSSR count). The zero-order valence-electron chi connectivity index (χ0n) is 13.2. The fourth-order valence-corrected chi connectivity index (χ4v) is 2.78. The predicted octanol–water partition coefficient (Wildman–Crippen LogP) is 2.32. The van der Waals surface area contributed by atoms with Crippen molar-refractivity contribution in [3.63, 3.8) is 0 Å². The minimum atomic E-state index is 0.932. The van der Waals surface area contributed by atoms with E-state index < -0.39 is 0 Å². The van der Waals surface area contributed by atoms with Crippen LogP contribution in [0.2, 0.25) is 0 Å². The van der Waals surface area contributed by atoms with Gasteiger partial charge in [-0.25, -0.2) is 0 Å². The van der Waals surface area contributed by atoms with Crippen molar-refractivity contribution in [3.8, 4) is 0 Å². The molecule has 0 aliphatic carbocycles. The van der Waals surface area contributed by atoms with E-state index >= 15 is 0 Å². The van der Waals surface area contributed by atoms with Crippen molar-refractivity contribution >= 4 is 16.5 Å². The van der Waals surface area contributed by atoms with E-state index in [2.05, 4.69) is 65.0 Å². The number of hydrogen-bond donors (Lipinski definition) is 0. The van der Waals surface area contributed by atoms with Crippen molar-refractivity contribution in [3.05, 3.63) is 36.0 Å². The molecule has 4 nitrogen and oxygen atoms in total. The van der Waals surface area contributed by atoms with Crippen LogP contribution in [-0.2, 0) is 6.54 Å². The number of hydrogen-bond acceptors (Lipinski definition) is 3. The Morgan fingerprint density at radius 1 is 1.29 bits per heavy atom. The molecule has 0 atom stereocenters. The van der Waals surface area contributed by atoms with Gasteiger partial charge in [0.25, 0.3) is 0 Å². The summed E-state index contributed by atoms with van der Waals surface area (Å²) < 4.78 is 2.12. The second-order valence-corrected chi connectivity index (χ2v) is 6.19. The lowest BCUT2D eigenvalue weighted by Gasteiger charge is -2.22. The molecule has 0 unspecified atom stereocenters. The summed E-state index contributed by atoms with van der Waals surface area (Å²) in [5.74, 6) is 0. The van der Waals surface area contributed by atoms with Gasteiger partial charge >= 0.3 is 0 Å². The van der Waals surface area contributed by atoms with E-state index in [1.807, 2.05) is 6.20 Å². The lowest BCUT2D eigenvalue weighted by atomic mass is 9.99. The van der Waals surface area contributed by atoms with Gasteiger partial charge in [-0.15, -0.1) is 0 Å². The van der Waals surface area contributed by atoms with Crippen molar-refractivity contribution in [2.75, 3.05) is 40.8 Å². The molecule has 1 aromatic heterocycles. The average Bonchev–Trinajstić information content (AvgIpc) is 2.88. The first-order valence-electron chi connectivity index (χ1n) is 7.62. The molecule has 0 bridgehead atoms. The Morgan fingerprint density at radius 3 is 2.86 bits per heavy atom. The Hall–Kier alpha value is -1.65. The van der Waals surface area contributed by atoms with Gasteiger partial charge in [-0.1, -0.05) is 18.2 Å². The molecule has 112 valence electrons. The van der Waals surface area contributed by atoms with Crippen molar-refractivity contribution < 1.29 is 0 Å². The molecule has 0 amide bonds. The molecule has 0 spiro atoms. The lowest BCUT2D eigenvalue weighted by Crippen LogP contribution is -2.23. The first-order valence-corrected chi connectivity index (χ1v) is 7.62. The number of likely N-dealkylation sites (N-methyl/N-ethyl adjacent to an activating group) is 2. The molecule has 0 saturated heterocycles. The van der Waals surface area contributed by atoms with Crippen molar-refractivity contribution in [2.45, 2.75) is 13.0 Å². The topological polar surface area (TPSA) is 24.3 Å². The third-order valence-electron chi connectivity index (χ3n) is 4.19. The number of rotatable bonds is 4. The summed E-state index contributed by atoms with van der Waals surface area (Å²) in [5, 5.41) is 5.76. The minimum Gasteiger partial charge on any atom is -0.308 e. The third kappa shape index (κ3) is 3.17. The van der Waals surface area contributed by atoms with Crippen LogP contribution >= 0.6 is 0 Å². The maximum Gasteiger partial charge on any atom is 0.0689 e. The van der Waals surface area contributed by atoms with E-state index in [0.29, 0.717) is 0 Å². The molecule has 0 N–H and O–H groups in total. The van der Waals surface area contributed by atoms with Gasteiger partial charge in [-0.2, -0.15) is 5.10 Å². The first kappa shape index (κ1) is 14.3. The van der Waals surface area contributed by atoms with E-state index in [1.54, 1.807) is 0 Å². The van der Waals surface area contributed by atoms with Crippen molar-refractivity contribution in [2.24, 2.45) is 0 Å². The Kier molecular flexibility index (Phi) is 4.08. The summed E-state index contributed by atoms with van der Waals surface area (Å²) in [6.07, 6.45) is 5.46. The molecule has 2 heterocycles. The van der Waals surface area contributed by atoms with Gasteiger partial charge in [0.1, 0.15) is 0 Å². The molecule has 0 radical (unpaired) electrons. The molecular weight excluding hydrogens is 260 g/mol. The van der Waals surface area contributed by atoms with Gasteiger partial charge in [0.2, 0.25) is 0 Å². The monoisotopic (exact) mass is 284 g/mol. The smallest absolute Gasteiger partial charge is 0.0689 e. The number of aromatic nitrogens is 2. The van der Waals surface area contributed by atoms with Gasteiger partial charge in [0.05, 0.1) is 18.3 Å². The molecule has 1 aliphatic rings. The van der Waals surface area contributed by atoms with Crippen LogP contribution in [0.1, 0.15) is 12.0 Å². The largest absolute Gasteiger partial charge is 0.308 e. The van der Waals surface area contributed by atoms with E-state index in [1.165, 1.54) is 22.0 Å². The highest BCUT2D eigenvalue weighted by Crippen LogP contribution is 2.25. The molecule has 1 aliphatic heterocycles. The zero-order valence-corrected chi connectivity index (χ0v) is 13.2. The Morgan fingerprint density at radius 2 is 2.14 bits per heavy atom. The van der Waals surface area contributed by atoms with Crippen LogP contribution in [0.4, 0.5) is 0 Å². The second-order valence-electron chi connectivity index (χ2n) is 6.19. The van der Waals surface area contributed by atoms with Crippen LogP contribution in [0.3, 0.4) is 0 Å². The van der Waals surface area contributed by atoms with Crippen molar-refractivity contribution in [1.29, 1.82) is 0 Å². The standard InChI is InChI=1S/C17H24N4/c1-19(2)10-11-21-17-12-15(4-5-16(17)13-18-21)14-6-8-20(3)9-7-14/h4-6,12-13H,7-11H2,1-3H3. The molecule has 4 heteroatoms. The summed E-state index contributed by atoms with van der Waals surface area (Å²) in [7, 11) is 6.37. The van der Waals surface area contributed by atoms with Gasteiger partial charge < -0.3 is 9.80 Å². The van der Waals surface area contributed by atoms with Gasteiger partial charge in [0.15, 0.2) is 0 Å². The maximum absolute atomic E-state index is 4.53. The summed E-state index contributed by atoms with van der Waals surface area (Å²) in [4.78, 5) is 4.54. The predicted molar refractivity (Wildman–Crippen MR) is 88.4 cm³/mol. The molecular formula is C17H24N4. The van der Waals surface area contributed by atoms with Crippen LogP contribution in [0, 0.1) is 0 Å². The molecule has 21 heavy (non-hydrogen) atoms. The minimum absolute atomic E-state index is 0.932. The fourth-order valence-electron chi connectivity index (χ4n) is 2.78. The highest BCUT2D eigenvalue weighted by atomic mass is 15.3. The maximum atomic E-state index is 4.53. The number of nitrogens with zero attached hydrogens (tertiary/aromatic N) is 4. The Bertz CT molecular complexity index is 654. The molecule has 0 saturated carbocycles. The SMILES string of the molecule is CN(C)CCn1ncc2ccc(C3=CCN(C)CC3)cc21. The molecule has 0 fully saturated rings. The van der Waals surface area contributed by atoms with Crippen LogP contribution in [0.15, 0.2) is 30.5 Å². The second kappa shape index (κ2) is 6.00. The normalized spacial score (nSPS) is 16.7. The lowest BCUT2D eigenvalue weighted by molar-refractivity contribution is 0.370. The summed E-state index contributed by atoms with van der Waals surface area (Å²) in [5.41, 5.74) is 4.06. The van der Waals surface area contributed by atoms with Crippen LogP contribution in [0.25, 0.3) is 16.5 Å². The van der Waals surface area contributed by atoms with E-state index in [9.17, 15) is 0 Å². The Labute approximate surface area is 126 Å². The zero-order chi connectivity index (χ0) is 14.8. The quantitative estimate of drug-likeness (QED) is 0.861. The fraction of sp³-hybridized carbons (Fsp3) is 0.471. The summed E-state index contributed by atoms with van der Waals surface area (Å²) >= 11 is 0. The summed E-state index contributed by atoms with van der Waals surface area (Å²) in [6, 6.07) is 6.73. The van der Waals surface area contributed by atoms with Gasteiger partial charge in [-0.3, -0.25) is 4.68 Å². The number of fused-ring (bicyclic) bond motifs is 1. The van der Waals surface area contributed by atoms with Crippen LogP contribution < -0.4 is 0 Å². The van der Waals surface area contributed by atoms with Crippen LogP contribution in [0.5, 0.6) is 0 Å². The van der Waals surface area contributed by atoms with E-state index in [4.69, 9.17) is 0 Å². The third-order valence-corrected chi connectivity index (χ3v) is 4.19. The number of benzene rings is 1. The summed E-state index contributed by atoms with van der Waals surface area (Å²) in [6.45, 7) is 4.13. The van der Waals surface area contributed by atoms with Gasteiger partial charge in [-0.05, 0) is 44.8 Å². The highest BCUT2D eigenvalue weighted by Gasteiger charge is 2.11. The van der Waals surface area contributed by atoms with E-state index in [-0.39, 0.29) is 0 Å². The Balaban J connectivity index is 1.89. The van der Waals surface area contributed by atoms with Crippen LogP contribution in [-0.4, -0.2) is 60.4 Å². The average molecular weight is 284 g/mol.